The van der Waals surface area contributed by atoms with Gasteiger partial charge in [-0.15, -0.1) is 0 Å². The molecule has 0 amide bonds. The zero-order valence-electron chi connectivity index (χ0n) is 10.4. The zero-order chi connectivity index (χ0) is 11.4. The molecule has 0 radical (unpaired) electrons. The number of rotatable bonds is 3. The number of ether oxygens (including phenoxy) is 1. The third-order valence-corrected chi connectivity index (χ3v) is 4.16. The van der Waals surface area contributed by atoms with Gasteiger partial charge in [0.05, 0.1) is 19.3 Å². The third-order valence-electron chi connectivity index (χ3n) is 4.16. The molecule has 3 unspecified atom stereocenters. The number of aliphatic hydroxyl groups excluding tert-OH is 1. The molecule has 94 valence electrons. The molecule has 0 aromatic carbocycles. The molecule has 16 heavy (non-hydrogen) atoms. The smallest absolute Gasteiger partial charge is 0.0622 e. The fourth-order valence-electron chi connectivity index (χ4n) is 3.01. The molecule has 1 saturated carbocycles. The Kier molecular flexibility index (Phi) is 4.62. The van der Waals surface area contributed by atoms with E-state index >= 15 is 0 Å². The topological polar surface area (TPSA) is 32.7 Å². The van der Waals surface area contributed by atoms with Crippen molar-refractivity contribution in [3.05, 3.63) is 0 Å². The average molecular weight is 227 g/mol. The van der Waals surface area contributed by atoms with Crippen molar-refractivity contribution in [3.63, 3.8) is 0 Å². The first-order chi connectivity index (χ1) is 7.81. The van der Waals surface area contributed by atoms with Crippen LogP contribution >= 0.6 is 0 Å². The summed E-state index contributed by atoms with van der Waals surface area (Å²) in [5.74, 6) is 0.501. The minimum Gasteiger partial charge on any atom is -0.393 e. The molecular weight excluding hydrogens is 202 g/mol. The van der Waals surface area contributed by atoms with E-state index < -0.39 is 0 Å². The van der Waals surface area contributed by atoms with Crippen molar-refractivity contribution in [2.45, 2.75) is 51.2 Å². The van der Waals surface area contributed by atoms with Gasteiger partial charge in [-0.3, -0.25) is 4.90 Å². The maximum Gasteiger partial charge on any atom is 0.0622 e. The minimum absolute atomic E-state index is 0.0610. The van der Waals surface area contributed by atoms with Crippen molar-refractivity contribution in [2.75, 3.05) is 26.3 Å². The number of hydrogen-bond donors (Lipinski definition) is 1. The van der Waals surface area contributed by atoms with Crippen LogP contribution in [0.2, 0.25) is 0 Å². The summed E-state index contributed by atoms with van der Waals surface area (Å²) in [6, 6.07) is 0.572. The summed E-state index contributed by atoms with van der Waals surface area (Å²) >= 11 is 0. The Labute approximate surface area is 98.8 Å². The van der Waals surface area contributed by atoms with Gasteiger partial charge in [-0.25, -0.2) is 0 Å². The molecule has 1 N–H and O–H groups in total. The van der Waals surface area contributed by atoms with E-state index in [1.807, 2.05) is 0 Å². The summed E-state index contributed by atoms with van der Waals surface area (Å²) < 4.78 is 5.52. The van der Waals surface area contributed by atoms with Crippen LogP contribution in [0.3, 0.4) is 0 Å². The normalized spacial score (nSPS) is 37.5. The first-order valence-corrected chi connectivity index (χ1v) is 6.81. The fraction of sp³-hybridized carbons (Fsp3) is 1.00. The average Bonchev–Trinajstić information content (AvgIpc) is 2.33. The van der Waals surface area contributed by atoms with E-state index in [9.17, 15) is 5.11 Å². The van der Waals surface area contributed by atoms with E-state index in [0.29, 0.717) is 12.0 Å². The molecule has 3 heteroatoms. The van der Waals surface area contributed by atoms with E-state index in [2.05, 4.69) is 11.8 Å². The highest BCUT2D eigenvalue weighted by Crippen LogP contribution is 2.26. The van der Waals surface area contributed by atoms with E-state index in [1.165, 1.54) is 19.3 Å². The van der Waals surface area contributed by atoms with Gasteiger partial charge in [-0.2, -0.15) is 0 Å². The van der Waals surface area contributed by atoms with Crippen molar-refractivity contribution in [2.24, 2.45) is 5.92 Å². The van der Waals surface area contributed by atoms with Crippen molar-refractivity contribution in [3.8, 4) is 0 Å². The predicted molar refractivity (Wildman–Crippen MR) is 64.4 cm³/mol. The Bertz CT molecular complexity index is 210. The van der Waals surface area contributed by atoms with Crippen molar-refractivity contribution in [1.29, 1.82) is 0 Å². The summed E-state index contributed by atoms with van der Waals surface area (Å²) in [7, 11) is 0. The Balaban J connectivity index is 1.86. The van der Waals surface area contributed by atoms with Gasteiger partial charge in [0.25, 0.3) is 0 Å². The van der Waals surface area contributed by atoms with Crippen LogP contribution < -0.4 is 0 Å². The quantitative estimate of drug-likeness (QED) is 0.795. The molecule has 3 atom stereocenters. The summed E-state index contributed by atoms with van der Waals surface area (Å²) in [5, 5.41) is 10.0. The lowest BCUT2D eigenvalue weighted by atomic mass is 9.86. The summed E-state index contributed by atoms with van der Waals surface area (Å²) in [4.78, 5) is 2.53. The number of hydrogen-bond acceptors (Lipinski definition) is 3. The van der Waals surface area contributed by atoms with Crippen molar-refractivity contribution >= 4 is 0 Å². The second-order valence-electron chi connectivity index (χ2n) is 5.24. The van der Waals surface area contributed by atoms with Crippen LogP contribution in [0, 0.1) is 5.92 Å². The third kappa shape index (κ3) is 2.96. The van der Waals surface area contributed by atoms with Crippen LogP contribution in [0.5, 0.6) is 0 Å². The lowest BCUT2D eigenvalue weighted by molar-refractivity contribution is -0.0340. The van der Waals surface area contributed by atoms with Gasteiger partial charge in [0, 0.05) is 19.1 Å². The van der Waals surface area contributed by atoms with E-state index in [0.717, 1.165) is 39.1 Å². The van der Waals surface area contributed by atoms with Crippen molar-refractivity contribution < 1.29 is 9.84 Å². The van der Waals surface area contributed by atoms with Crippen LogP contribution in [0.1, 0.15) is 39.0 Å². The van der Waals surface area contributed by atoms with Gasteiger partial charge >= 0.3 is 0 Å². The van der Waals surface area contributed by atoms with Crippen LogP contribution in [0.25, 0.3) is 0 Å². The van der Waals surface area contributed by atoms with E-state index in [-0.39, 0.29) is 6.10 Å². The second-order valence-corrected chi connectivity index (χ2v) is 5.24. The maximum absolute atomic E-state index is 10.0. The monoisotopic (exact) mass is 227 g/mol. The number of nitrogens with zero attached hydrogens (tertiary/aromatic N) is 1. The molecule has 0 bridgehead atoms. The minimum atomic E-state index is -0.0610. The molecule has 1 aliphatic heterocycles. The molecule has 0 spiro atoms. The van der Waals surface area contributed by atoms with Crippen LogP contribution in [0.15, 0.2) is 0 Å². The van der Waals surface area contributed by atoms with E-state index in [1.54, 1.807) is 0 Å². The first-order valence-electron chi connectivity index (χ1n) is 6.81. The Morgan fingerprint density at radius 2 is 2.12 bits per heavy atom. The first kappa shape index (κ1) is 12.3. The van der Waals surface area contributed by atoms with Gasteiger partial charge in [0.15, 0.2) is 0 Å². The predicted octanol–water partition coefficient (Wildman–Crippen LogP) is 1.65. The fourth-order valence-corrected chi connectivity index (χ4v) is 3.01. The van der Waals surface area contributed by atoms with Crippen LogP contribution in [0.4, 0.5) is 0 Å². The largest absolute Gasteiger partial charge is 0.393 e. The molecule has 1 heterocycles. The Morgan fingerprint density at radius 3 is 2.88 bits per heavy atom. The summed E-state index contributed by atoms with van der Waals surface area (Å²) in [6.07, 6.45) is 5.80. The Morgan fingerprint density at radius 1 is 1.31 bits per heavy atom. The number of aliphatic hydroxyl groups is 1. The second kappa shape index (κ2) is 5.99. The lowest BCUT2D eigenvalue weighted by Crippen LogP contribution is -2.48. The highest BCUT2D eigenvalue weighted by Gasteiger charge is 2.29. The van der Waals surface area contributed by atoms with E-state index in [4.69, 9.17) is 4.74 Å². The molecule has 3 nitrogen and oxygen atoms in total. The zero-order valence-corrected chi connectivity index (χ0v) is 10.4. The number of morpholine rings is 1. The lowest BCUT2D eigenvalue weighted by Gasteiger charge is -2.39. The Hall–Kier alpha value is -0.120. The summed E-state index contributed by atoms with van der Waals surface area (Å²) in [6.45, 7) is 6.08. The molecule has 0 aromatic heterocycles. The highest BCUT2D eigenvalue weighted by atomic mass is 16.5. The van der Waals surface area contributed by atoms with Crippen molar-refractivity contribution in [1.82, 2.24) is 4.90 Å². The van der Waals surface area contributed by atoms with Crippen LogP contribution in [-0.4, -0.2) is 48.5 Å². The molecular formula is C13H25NO2. The summed E-state index contributed by atoms with van der Waals surface area (Å²) in [5.41, 5.74) is 0. The molecule has 2 aliphatic rings. The highest BCUT2D eigenvalue weighted by molar-refractivity contribution is 4.81. The standard InChI is InChI=1S/C13H25NO2/c1-2-12-10-16-8-7-14(12)9-11-5-3-4-6-13(11)15/h11-13,15H,2-10H2,1H3. The molecule has 0 aromatic rings. The van der Waals surface area contributed by atoms with Gasteiger partial charge in [0.2, 0.25) is 0 Å². The maximum atomic E-state index is 10.0. The molecule has 1 saturated heterocycles. The molecule has 2 fully saturated rings. The van der Waals surface area contributed by atoms with Gasteiger partial charge in [0.1, 0.15) is 0 Å². The van der Waals surface area contributed by atoms with Gasteiger partial charge in [-0.05, 0) is 25.2 Å². The van der Waals surface area contributed by atoms with Gasteiger partial charge in [-0.1, -0.05) is 19.8 Å². The van der Waals surface area contributed by atoms with Gasteiger partial charge < -0.3 is 9.84 Å². The molecule has 1 aliphatic carbocycles. The molecule has 2 rings (SSSR count). The SMILES string of the molecule is CCC1COCCN1CC1CCCCC1O. The van der Waals surface area contributed by atoms with Crippen LogP contribution in [-0.2, 0) is 4.74 Å².